The monoisotopic (exact) mass is 483 g/mol. The highest BCUT2D eigenvalue weighted by Crippen LogP contribution is 2.44. The van der Waals surface area contributed by atoms with Crippen molar-refractivity contribution in [3.8, 4) is 11.1 Å². The normalized spacial score (nSPS) is 25.2. The second-order valence-electron chi connectivity index (χ2n) is 11.4. The molecule has 0 radical (unpaired) electrons. The van der Waals surface area contributed by atoms with Crippen LogP contribution in [0.4, 0.5) is 0 Å². The standard InChI is InChI=1S/C29H33N5O2/c1-33-10-7-18-11-21(17-33)34(16-18)28(36)20-12-23-24(15-31-26(23)30-14-20)19-5-6-22-25(13-19)29(32-27(22)35)8-3-2-4-9-29/h5-6,12-15,18,21H,2-4,7-11,16-17H2,1H3,(H,30,31)(H,32,35). The maximum Gasteiger partial charge on any atom is 0.255 e. The average molecular weight is 484 g/mol. The number of likely N-dealkylation sites (N-methyl/N-ethyl adjacent to an activating group) is 1. The van der Waals surface area contributed by atoms with Crippen molar-refractivity contribution in [2.45, 2.75) is 56.5 Å². The molecule has 186 valence electrons. The lowest BCUT2D eigenvalue weighted by atomic mass is 9.77. The molecule has 7 heteroatoms. The number of aromatic nitrogens is 2. The van der Waals surface area contributed by atoms with Crippen molar-refractivity contribution < 1.29 is 9.59 Å². The highest BCUT2D eigenvalue weighted by atomic mass is 16.2. The summed E-state index contributed by atoms with van der Waals surface area (Å²) in [6.07, 6.45) is 11.5. The van der Waals surface area contributed by atoms with Gasteiger partial charge in [0.05, 0.1) is 11.1 Å². The predicted octanol–water partition coefficient (Wildman–Crippen LogP) is 4.30. The van der Waals surface area contributed by atoms with Gasteiger partial charge in [-0.3, -0.25) is 9.59 Å². The zero-order valence-corrected chi connectivity index (χ0v) is 20.8. The summed E-state index contributed by atoms with van der Waals surface area (Å²) in [7, 11) is 2.15. The van der Waals surface area contributed by atoms with Gasteiger partial charge in [-0.05, 0) is 74.5 Å². The quantitative estimate of drug-likeness (QED) is 0.570. The van der Waals surface area contributed by atoms with E-state index < -0.39 is 0 Å². The third-order valence-electron chi connectivity index (χ3n) is 9.13. The van der Waals surface area contributed by atoms with Gasteiger partial charge in [-0.15, -0.1) is 0 Å². The molecule has 1 aliphatic carbocycles. The van der Waals surface area contributed by atoms with Crippen molar-refractivity contribution >= 4 is 22.8 Å². The largest absolute Gasteiger partial charge is 0.346 e. The molecule has 2 atom stereocenters. The molecule has 3 aromatic rings. The maximum atomic E-state index is 13.6. The third-order valence-corrected chi connectivity index (χ3v) is 9.13. The van der Waals surface area contributed by atoms with Crippen molar-refractivity contribution in [1.82, 2.24) is 25.1 Å². The van der Waals surface area contributed by atoms with E-state index in [1.807, 2.05) is 24.4 Å². The van der Waals surface area contributed by atoms with Crippen LogP contribution in [0.15, 0.2) is 36.7 Å². The molecule has 2 aromatic heterocycles. The number of carbonyl (C=O) groups is 2. The molecule has 2 unspecified atom stereocenters. The molecule has 2 saturated heterocycles. The maximum absolute atomic E-state index is 13.6. The van der Waals surface area contributed by atoms with Crippen LogP contribution in [0.3, 0.4) is 0 Å². The van der Waals surface area contributed by atoms with E-state index in [1.54, 1.807) is 6.20 Å². The number of pyridine rings is 1. The van der Waals surface area contributed by atoms with Crippen molar-refractivity contribution in [2.75, 3.05) is 26.7 Å². The Morgan fingerprint density at radius 2 is 1.97 bits per heavy atom. The number of nitrogens with zero attached hydrogens (tertiary/aromatic N) is 3. The van der Waals surface area contributed by atoms with Crippen LogP contribution in [0, 0.1) is 5.92 Å². The third kappa shape index (κ3) is 3.39. The summed E-state index contributed by atoms with van der Waals surface area (Å²) < 4.78 is 0. The topological polar surface area (TPSA) is 81.3 Å². The Morgan fingerprint density at radius 3 is 2.83 bits per heavy atom. The summed E-state index contributed by atoms with van der Waals surface area (Å²) in [5.41, 5.74) is 5.21. The van der Waals surface area contributed by atoms with Gasteiger partial charge in [0.2, 0.25) is 0 Å². The zero-order valence-electron chi connectivity index (χ0n) is 20.8. The summed E-state index contributed by atoms with van der Waals surface area (Å²) in [6.45, 7) is 2.91. The second kappa shape index (κ2) is 8.17. The molecular formula is C29H33N5O2. The highest BCUT2D eigenvalue weighted by Gasteiger charge is 2.43. The van der Waals surface area contributed by atoms with Crippen LogP contribution in [0.1, 0.15) is 71.2 Å². The Morgan fingerprint density at radius 1 is 1.11 bits per heavy atom. The minimum Gasteiger partial charge on any atom is -0.346 e. The minimum absolute atomic E-state index is 0.0456. The molecular weight excluding hydrogens is 450 g/mol. The van der Waals surface area contributed by atoms with Gasteiger partial charge in [0.15, 0.2) is 0 Å². The smallest absolute Gasteiger partial charge is 0.255 e. The fourth-order valence-electron chi connectivity index (χ4n) is 7.23. The minimum atomic E-state index is -0.231. The van der Waals surface area contributed by atoms with E-state index in [2.05, 4.69) is 38.2 Å². The number of hydrogen-bond donors (Lipinski definition) is 2. The van der Waals surface area contributed by atoms with Gasteiger partial charge in [0.1, 0.15) is 5.65 Å². The van der Waals surface area contributed by atoms with Gasteiger partial charge >= 0.3 is 0 Å². The molecule has 1 saturated carbocycles. The Kier molecular flexibility index (Phi) is 5.00. The van der Waals surface area contributed by atoms with E-state index in [4.69, 9.17) is 0 Å². The summed E-state index contributed by atoms with van der Waals surface area (Å²) >= 11 is 0. The molecule has 3 fully saturated rings. The summed E-state index contributed by atoms with van der Waals surface area (Å²) in [4.78, 5) is 38.7. The van der Waals surface area contributed by atoms with E-state index >= 15 is 0 Å². The fourth-order valence-corrected chi connectivity index (χ4v) is 7.23. The van der Waals surface area contributed by atoms with Crippen molar-refractivity contribution in [2.24, 2.45) is 5.92 Å². The first-order chi connectivity index (χ1) is 17.5. The molecule has 7 rings (SSSR count). The first-order valence-electron chi connectivity index (χ1n) is 13.4. The molecule has 36 heavy (non-hydrogen) atoms. The molecule has 3 aliphatic heterocycles. The summed E-state index contributed by atoms with van der Waals surface area (Å²) in [5, 5.41) is 4.26. The zero-order chi connectivity index (χ0) is 24.4. The van der Waals surface area contributed by atoms with Gasteiger partial charge in [-0.25, -0.2) is 4.98 Å². The Bertz CT molecular complexity index is 1370. The van der Waals surface area contributed by atoms with E-state index in [0.29, 0.717) is 11.5 Å². The number of carbonyl (C=O) groups excluding carboxylic acids is 2. The van der Waals surface area contributed by atoms with Crippen LogP contribution >= 0.6 is 0 Å². The van der Waals surface area contributed by atoms with E-state index in [1.165, 1.54) is 6.42 Å². The number of likely N-dealkylation sites (tertiary alicyclic amines) is 2. The highest BCUT2D eigenvalue weighted by molar-refractivity contribution is 6.03. The number of fused-ring (bicyclic) bond motifs is 5. The van der Waals surface area contributed by atoms with E-state index in [9.17, 15) is 9.59 Å². The molecule has 1 spiro atoms. The second-order valence-corrected chi connectivity index (χ2v) is 11.4. The average Bonchev–Trinajstić information content (AvgIpc) is 3.52. The molecule has 7 nitrogen and oxygen atoms in total. The first kappa shape index (κ1) is 22.0. The van der Waals surface area contributed by atoms with Crippen LogP contribution < -0.4 is 5.32 Å². The summed E-state index contributed by atoms with van der Waals surface area (Å²) in [6, 6.07) is 8.47. The van der Waals surface area contributed by atoms with Crippen molar-refractivity contribution in [3.63, 3.8) is 0 Å². The Balaban J connectivity index is 1.25. The first-order valence-corrected chi connectivity index (χ1v) is 13.4. The number of H-pyrrole nitrogens is 1. The van der Waals surface area contributed by atoms with E-state index in [0.717, 1.165) is 91.4 Å². The van der Waals surface area contributed by atoms with Crippen LogP contribution in [0.2, 0.25) is 0 Å². The van der Waals surface area contributed by atoms with Gasteiger partial charge in [0, 0.05) is 48.0 Å². The number of benzene rings is 1. The number of nitrogens with one attached hydrogen (secondary N) is 2. The summed E-state index contributed by atoms with van der Waals surface area (Å²) in [5.74, 6) is 0.728. The van der Waals surface area contributed by atoms with E-state index in [-0.39, 0.29) is 23.4 Å². The Hall–Kier alpha value is -3.19. The molecule has 2 amide bonds. The molecule has 2 bridgehead atoms. The number of hydrogen-bond acceptors (Lipinski definition) is 4. The number of amides is 2. The van der Waals surface area contributed by atoms with Crippen LogP contribution in [0.25, 0.3) is 22.2 Å². The van der Waals surface area contributed by atoms with Crippen molar-refractivity contribution in [1.29, 1.82) is 0 Å². The Labute approximate surface area is 211 Å². The fraction of sp³-hybridized carbons (Fsp3) is 0.483. The predicted molar refractivity (Wildman–Crippen MR) is 139 cm³/mol. The van der Waals surface area contributed by atoms with Crippen LogP contribution in [0.5, 0.6) is 0 Å². The SMILES string of the molecule is CN1CCC2CC(C1)N(C(=O)c1cnc3[nH]cc(-c4ccc5c(c4)C4(CCCCC4)NC5=O)c3c1)C2. The van der Waals surface area contributed by atoms with Crippen molar-refractivity contribution in [3.05, 3.63) is 53.3 Å². The lowest BCUT2D eigenvalue weighted by molar-refractivity contribution is 0.0692. The van der Waals surface area contributed by atoms with Gasteiger partial charge in [-0.2, -0.15) is 0 Å². The van der Waals surface area contributed by atoms with Gasteiger partial charge < -0.3 is 20.1 Å². The molecule has 5 heterocycles. The molecule has 4 aliphatic rings. The lowest BCUT2D eigenvalue weighted by Gasteiger charge is -2.34. The van der Waals surface area contributed by atoms with Crippen LogP contribution in [-0.4, -0.2) is 64.3 Å². The lowest BCUT2D eigenvalue weighted by Crippen LogP contribution is -2.43. The van der Waals surface area contributed by atoms with Crippen LogP contribution in [-0.2, 0) is 5.54 Å². The number of rotatable bonds is 2. The number of aromatic amines is 1. The van der Waals surface area contributed by atoms with Gasteiger partial charge in [0.25, 0.3) is 11.8 Å². The van der Waals surface area contributed by atoms with Gasteiger partial charge in [-0.1, -0.05) is 25.3 Å². The molecule has 1 aromatic carbocycles. The molecule has 2 N–H and O–H groups in total.